The molecule has 0 fully saturated rings. The summed E-state index contributed by atoms with van der Waals surface area (Å²) < 4.78 is 2.12. The normalized spacial score (nSPS) is 23.2. The van der Waals surface area contributed by atoms with Crippen molar-refractivity contribution < 1.29 is 0 Å². The van der Waals surface area contributed by atoms with E-state index < -0.39 is 0 Å². The highest BCUT2D eigenvalue weighted by Crippen LogP contribution is 2.06. The summed E-state index contributed by atoms with van der Waals surface area (Å²) in [6.45, 7) is 4.06. The Balaban J connectivity index is 2.18. The van der Waals surface area contributed by atoms with E-state index >= 15 is 0 Å². The molecule has 1 aromatic heterocycles. The lowest BCUT2D eigenvalue weighted by molar-refractivity contribution is 0.378. The van der Waals surface area contributed by atoms with E-state index in [0.29, 0.717) is 6.04 Å². The summed E-state index contributed by atoms with van der Waals surface area (Å²) >= 11 is 0. The monoisotopic (exact) mass is 152 g/mol. The van der Waals surface area contributed by atoms with Gasteiger partial charge in [0.1, 0.15) is 12.2 Å². The minimum absolute atomic E-state index is 0.596. The predicted octanol–water partition coefficient (Wildman–Crippen LogP) is 0.160. The van der Waals surface area contributed by atoms with Crippen LogP contribution in [0.25, 0.3) is 0 Å². The molecule has 1 aliphatic heterocycles. The maximum atomic E-state index is 3.98. The molecule has 0 aromatic carbocycles. The molecular formula is C7H12N4. The van der Waals surface area contributed by atoms with Gasteiger partial charge in [-0.05, 0) is 6.42 Å². The fourth-order valence-electron chi connectivity index (χ4n) is 1.38. The van der Waals surface area contributed by atoms with Crippen molar-refractivity contribution in [1.29, 1.82) is 0 Å². The molecule has 0 saturated heterocycles. The van der Waals surface area contributed by atoms with Crippen molar-refractivity contribution in [3.8, 4) is 0 Å². The summed E-state index contributed by atoms with van der Waals surface area (Å²) in [5, 5.41) is 11.2. The molecule has 1 unspecified atom stereocenters. The molecule has 0 aliphatic carbocycles. The molecule has 4 nitrogen and oxygen atoms in total. The Kier molecular flexibility index (Phi) is 1.62. The van der Waals surface area contributed by atoms with Gasteiger partial charge in [0, 0.05) is 12.6 Å². The summed E-state index contributed by atoms with van der Waals surface area (Å²) in [5.74, 6) is 1.05. The van der Waals surface area contributed by atoms with E-state index in [4.69, 9.17) is 0 Å². The summed E-state index contributed by atoms with van der Waals surface area (Å²) in [7, 11) is 0. The second-order valence-electron chi connectivity index (χ2n) is 2.89. The molecule has 0 bridgehead atoms. The first-order chi connectivity index (χ1) is 5.40. The van der Waals surface area contributed by atoms with Gasteiger partial charge in [0.15, 0.2) is 0 Å². The van der Waals surface area contributed by atoms with Crippen LogP contribution in [0.2, 0.25) is 0 Å². The summed E-state index contributed by atoms with van der Waals surface area (Å²) in [6, 6.07) is 0.596. The van der Waals surface area contributed by atoms with Crippen molar-refractivity contribution >= 4 is 0 Å². The molecule has 1 aromatic rings. The molecule has 1 N–H and O–H groups in total. The quantitative estimate of drug-likeness (QED) is 0.623. The van der Waals surface area contributed by atoms with Crippen molar-refractivity contribution in [3.05, 3.63) is 12.2 Å². The first-order valence-electron chi connectivity index (χ1n) is 4.00. The van der Waals surface area contributed by atoms with Crippen molar-refractivity contribution in [3.63, 3.8) is 0 Å². The van der Waals surface area contributed by atoms with E-state index in [2.05, 4.69) is 27.0 Å². The van der Waals surface area contributed by atoms with E-state index in [1.54, 1.807) is 6.33 Å². The van der Waals surface area contributed by atoms with Crippen LogP contribution in [-0.2, 0) is 13.1 Å². The third-order valence-corrected chi connectivity index (χ3v) is 2.15. The number of rotatable bonds is 1. The number of nitrogens with zero attached hydrogens (tertiary/aromatic N) is 3. The van der Waals surface area contributed by atoms with Gasteiger partial charge in [-0.2, -0.15) is 0 Å². The molecule has 0 saturated carbocycles. The molecule has 60 valence electrons. The third-order valence-electron chi connectivity index (χ3n) is 2.15. The number of hydrogen-bond donors (Lipinski definition) is 1. The predicted molar refractivity (Wildman–Crippen MR) is 40.9 cm³/mol. The zero-order valence-corrected chi connectivity index (χ0v) is 6.62. The fourth-order valence-corrected chi connectivity index (χ4v) is 1.38. The third kappa shape index (κ3) is 1.14. The van der Waals surface area contributed by atoms with Crippen molar-refractivity contribution in [2.75, 3.05) is 0 Å². The highest BCUT2D eigenvalue weighted by molar-refractivity contribution is 4.91. The van der Waals surface area contributed by atoms with E-state index in [1.165, 1.54) is 0 Å². The second-order valence-corrected chi connectivity index (χ2v) is 2.89. The lowest BCUT2D eigenvalue weighted by atomic mass is 10.2. The van der Waals surface area contributed by atoms with Crippen LogP contribution in [0, 0.1) is 0 Å². The number of nitrogens with one attached hydrogen (secondary N) is 1. The van der Waals surface area contributed by atoms with Gasteiger partial charge in [0.05, 0.1) is 6.54 Å². The van der Waals surface area contributed by atoms with E-state index in [1.807, 2.05) is 0 Å². The van der Waals surface area contributed by atoms with Crippen LogP contribution in [0.3, 0.4) is 0 Å². The highest BCUT2D eigenvalue weighted by Gasteiger charge is 2.16. The Morgan fingerprint density at radius 2 is 2.73 bits per heavy atom. The van der Waals surface area contributed by atoms with E-state index in [-0.39, 0.29) is 0 Å². The van der Waals surface area contributed by atoms with E-state index in [0.717, 1.165) is 25.3 Å². The molecule has 2 heterocycles. The molecule has 4 heteroatoms. The van der Waals surface area contributed by atoms with Gasteiger partial charge in [-0.25, -0.2) is 0 Å². The van der Waals surface area contributed by atoms with Crippen LogP contribution in [0.5, 0.6) is 0 Å². The fraction of sp³-hybridized carbons (Fsp3) is 0.714. The average Bonchev–Trinajstić information content (AvgIpc) is 2.50. The van der Waals surface area contributed by atoms with Gasteiger partial charge < -0.3 is 9.88 Å². The van der Waals surface area contributed by atoms with Crippen LogP contribution >= 0.6 is 0 Å². The van der Waals surface area contributed by atoms with Gasteiger partial charge in [-0.15, -0.1) is 10.2 Å². The zero-order valence-electron chi connectivity index (χ0n) is 6.62. The molecule has 1 aliphatic rings. The Morgan fingerprint density at radius 1 is 1.82 bits per heavy atom. The molecule has 11 heavy (non-hydrogen) atoms. The Bertz CT molecular complexity index is 242. The van der Waals surface area contributed by atoms with Gasteiger partial charge in [0.25, 0.3) is 0 Å². The summed E-state index contributed by atoms with van der Waals surface area (Å²) in [5.41, 5.74) is 0. The maximum absolute atomic E-state index is 3.98. The zero-order chi connectivity index (χ0) is 7.68. The molecule has 0 spiro atoms. The van der Waals surface area contributed by atoms with Gasteiger partial charge in [0.2, 0.25) is 0 Å². The second kappa shape index (κ2) is 2.62. The SMILES string of the molecule is CCC1Cn2cnnc2CN1. The number of fused-ring (bicyclic) bond motifs is 1. The summed E-state index contributed by atoms with van der Waals surface area (Å²) in [6.07, 6.45) is 2.97. The van der Waals surface area contributed by atoms with Crippen LogP contribution in [0.1, 0.15) is 19.2 Å². The Labute approximate surface area is 65.6 Å². The van der Waals surface area contributed by atoms with Gasteiger partial charge >= 0.3 is 0 Å². The van der Waals surface area contributed by atoms with Crippen LogP contribution in [-0.4, -0.2) is 20.8 Å². The Hall–Kier alpha value is -0.900. The molecular weight excluding hydrogens is 140 g/mol. The highest BCUT2D eigenvalue weighted by atomic mass is 15.3. The van der Waals surface area contributed by atoms with Crippen molar-refractivity contribution in [2.45, 2.75) is 32.5 Å². The average molecular weight is 152 g/mol. The molecule has 2 rings (SSSR count). The first kappa shape index (κ1) is 6.79. The molecule has 0 radical (unpaired) electrons. The largest absolute Gasteiger partial charge is 0.315 e. The molecule has 1 atom stereocenters. The summed E-state index contributed by atoms with van der Waals surface area (Å²) in [4.78, 5) is 0. The minimum atomic E-state index is 0.596. The topological polar surface area (TPSA) is 42.7 Å². The maximum Gasteiger partial charge on any atom is 0.146 e. The Morgan fingerprint density at radius 3 is 3.55 bits per heavy atom. The number of hydrogen-bond acceptors (Lipinski definition) is 3. The van der Waals surface area contributed by atoms with Gasteiger partial charge in [-0.1, -0.05) is 6.92 Å². The smallest absolute Gasteiger partial charge is 0.146 e. The van der Waals surface area contributed by atoms with Gasteiger partial charge in [-0.3, -0.25) is 0 Å². The van der Waals surface area contributed by atoms with Crippen LogP contribution in [0.15, 0.2) is 6.33 Å². The van der Waals surface area contributed by atoms with E-state index in [9.17, 15) is 0 Å². The minimum Gasteiger partial charge on any atom is -0.315 e. The molecule has 0 amide bonds. The lowest BCUT2D eigenvalue weighted by Gasteiger charge is -2.22. The van der Waals surface area contributed by atoms with Crippen molar-refractivity contribution in [1.82, 2.24) is 20.1 Å². The number of aromatic nitrogens is 3. The first-order valence-corrected chi connectivity index (χ1v) is 4.00. The standard InChI is InChI=1S/C7H12N4/c1-2-6-4-11-5-9-10-7(11)3-8-6/h5-6,8H,2-4H2,1H3. The van der Waals surface area contributed by atoms with Crippen LogP contribution < -0.4 is 5.32 Å². The van der Waals surface area contributed by atoms with Crippen LogP contribution in [0.4, 0.5) is 0 Å². The van der Waals surface area contributed by atoms with Crippen molar-refractivity contribution in [2.24, 2.45) is 0 Å². The lowest BCUT2D eigenvalue weighted by Crippen LogP contribution is -2.38.